The van der Waals surface area contributed by atoms with Gasteiger partial charge in [0.25, 0.3) is 0 Å². The van der Waals surface area contributed by atoms with Gasteiger partial charge in [-0.25, -0.2) is 0 Å². The lowest BCUT2D eigenvalue weighted by Gasteiger charge is -2.33. The summed E-state index contributed by atoms with van der Waals surface area (Å²) in [5, 5.41) is 0. The Morgan fingerprint density at radius 3 is 2.56 bits per heavy atom. The van der Waals surface area contributed by atoms with E-state index in [1.54, 1.807) is 0 Å². The molecule has 2 rings (SSSR count). The maximum Gasteiger partial charge on any atom is 0.236 e. The zero-order valence-electron chi connectivity index (χ0n) is 9.83. The normalized spacial score (nSPS) is 28.4. The second kappa shape index (κ2) is 6.01. The first-order chi connectivity index (χ1) is 7.77. The summed E-state index contributed by atoms with van der Waals surface area (Å²) in [6.45, 7) is 5.38. The van der Waals surface area contributed by atoms with Crippen molar-refractivity contribution in [3.63, 3.8) is 0 Å². The Labute approximate surface area is 106 Å². The van der Waals surface area contributed by atoms with Gasteiger partial charge in [-0.05, 0) is 38.8 Å². The van der Waals surface area contributed by atoms with Gasteiger partial charge in [0.15, 0.2) is 0 Å². The number of amides is 1. The van der Waals surface area contributed by atoms with Crippen LogP contribution in [0.2, 0.25) is 0 Å². The summed E-state index contributed by atoms with van der Waals surface area (Å²) in [5.74, 6) is 0.295. The van der Waals surface area contributed by atoms with E-state index in [4.69, 9.17) is 0 Å². The third-order valence-electron chi connectivity index (χ3n) is 3.60. The number of hydrogen-bond acceptors (Lipinski definition) is 2. The van der Waals surface area contributed by atoms with Crippen molar-refractivity contribution in [3.8, 4) is 0 Å². The van der Waals surface area contributed by atoms with Gasteiger partial charge >= 0.3 is 0 Å². The summed E-state index contributed by atoms with van der Waals surface area (Å²) in [6, 6.07) is 0. The molecule has 92 valence electrons. The van der Waals surface area contributed by atoms with Crippen LogP contribution in [-0.4, -0.2) is 53.3 Å². The van der Waals surface area contributed by atoms with Crippen LogP contribution in [0.25, 0.3) is 0 Å². The Bertz CT molecular complexity index is 241. The quantitative estimate of drug-likeness (QED) is 0.740. The number of halogens is 1. The summed E-state index contributed by atoms with van der Waals surface area (Å²) < 4.78 is 0. The summed E-state index contributed by atoms with van der Waals surface area (Å²) >= 11 is 3.46. The Morgan fingerprint density at radius 1 is 1.06 bits per heavy atom. The molecule has 0 spiro atoms. The largest absolute Gasteiger partial charge is 0.340 e. The molecule has 0 saturated carbocycles. The number of piperidine rings is 2. The molecule has 1 atom stereocenters. The number of likely N-dealkylation sites (tertiary alicyclic amines) is 2. The van der Waals surface area contributed by atoms with Gasteiger partial charge in [0.05, 0.1) is 4.83 Å². The number of hydrogen-bond donors (Lipinski definition) is 0. The standard InChI is InChI=1S/C12H21BrN2O/c13-11-5-4-8-15(12(11)16)10-9-14-6-2-1-3-7-14/h11H,1-10H2. The minimum atomic E-state index is 0.0719. The van der Waals surface area contributed by atoms with Crippen molar-refractivity contribution in [2.75, 3.05) is 32.7 Å². The molecule has 2 aliphatic rings. The second-order valence-electron chi connectivity index (χ2n) is 4.84. The van der Waals surface area contributed by atoms with E-state index in [0.717, 1.165) is 32.5 Å². The third kappa shape index (κ3) is 3.20. The smallest absolute Gasteiger partial charge is 0.236 e. The van der Waals surface area contributed by atoms with Crippen LogP contribution in [-0.2, 0) is 4.79 Å². The van der Waals surface area contributed by atoms with Crippen molar-refractivity contribution in [2.24, 2.45) is 0 Å². The Balaban J connectivity index is 1.73. The van der Waals surface area contributed by atoms with E-state index < -0.39 is 0 Å². The monoisotopic (exact) mass is 288 g/mol. The van der Waals surface area contributed by atoms with Crippen LogP contribution in [0.4, 0.5) is 0 Å². The first-order valence-electron chi connectivity index (χ1n) is 6.42. The van der Waals surface area contributed by atoms with Crippen molar-refractivity contribution < 1.29 is 4.79 Å². The fourth-order valence-corrected chi connectivity index (χ4v) is 3.17. The number of alkyl halides is 1. The van der Waals surface area contributed by atoms with E-state index in [1.807, 2.05) is 4.90 Å². The topological polar surface area (TPSA) is 23.6 Å². The van der Waals surface area contributed by atoms with Gasteiger partial charge < -0.3 is 9.80 Å². The zero-order chi connectivity index (χ0) is 11.4. The maximum atomic E-state index is 11.9. The highest BCUT2D eigenvalue weighted by Crippen LogP contribution is 2.18. The van der Waals surface area contributed by atoms with Gasteiger partial charge in [-0.3, -0.25) is 4.79 Å². The van der Waals surface area contributed by atoms with Crippen molar-refractivity contribution in [2.45, 2.75) is 36.9 Å². The van der Waals surface area contributed by atoms with Gasteiger partial charge in [0.1, 0.15) is 0 Å². The minimum absolute atomic E-state index is 0.0719. The SMILES string of the molecule is O=C1C(Br)CCCN1CCN1CCCCC1. The average molecular weight is 289 g/mol. The lowest BCUT2D eigenvalue weighted by Crippen LogP contribution is -2.46. The third-order valence-corrected chi connectivity index (χ3v) is 4.45. The van der Waals surface area contributed by atoms with Crippen LogP contribution in [0, 0.1) is 0 Å². The lowest BCUT2D eigenvalue weighted by atomic mass is 10.1. The molecule has 0 N–H and O–H groups in total. The molecule has 0 radical (unpaired) electrons. The average Bonchev–Trinajstić information content (AvgIpc) is 2.32. The highest BCUT2D eigenvalue weighted by molar-refractivity contribution is 9.10. The van der Waals surface area contributed by atoms with Crippen LogP contribution in [0.1, 0.15) is 32.1 Å². The van der Waals surface area contributed by atoms with Gasteiger partial charge in [0.2, 0.25) is 5.91 Å². The second-order valence-corrected chi connectivity index (χ2v) is 5.94. The molecule has 0 aliphatic carbocycles. The van der Waals surface area contributed by atoms with Gasteiger partial charge in [-0.2, -0.15) is 0 Å². The molecule has 2 aliphatic heterocycles. The summed E-state index contributed by atoms with van der Waals surface area (Å²) in [6.07, 6.45) is 6.17. The number of carbonyl (C=O) groups is 1. The van der Waals surface area contributed by atoms with E-state index in [2.05, 4.69) is 20.8 Å². The van der Waals surface area contributed by atoms with Crippen LogP contribution in [0.3, 0.4) is 0 Å². The van der Waals surface area contributed by atoms with Crippen molar-refractivity contribution in [1.82, 2.24) is 9.80 Å². The first kappa shape index (κ1) is 12.4. The van der Waals surface area contributed by atoms with E-state index >= 15 is 0 Å². The Hall–Kier alpha value is -0.0900. The summed E-state index contributed by atoms with van der Waals surface area (Å²) in [5.41, 5.74) is 0. The van der Waals surface area contributed by atoms with Crippen LogP contribution >= 0.6 is 15.9 Å². The molecule has 2 fully saturated rings. The van der Waals surface area contributed by atoms with Crippen LogP contribution in [0.15, 0.2) is 0 Å². The van der Waals surface area contributed by atoms with Crippen molar-refractivity contribution in [3.05, 3.63) is 0 Å². The van der Waals surface area contributed by atoms with Crippen LogP contribution < -0.4 is 0 Å². The number of nitrogens with zero attached hydrogens (tertiary/aromatic N) is 2. The van der Waals surface area contributed by atoms with E-state index in [1.165, 1.54) is 32.4 Å². The molecule has 0 bridgehead atoms. The van der Waals surface area contributed by atoms with E-state index in [0.29, 0.717) is 5.91 Å². The molecule has 2 heterocycles. The van der Waals surface area contributed by atoms with Gasteiger partial charge in [-0.15, -0.1) is 0 Å². The molecule has 2 saturated heterocycles. The van der Waals surface area contributed by atoms with E-state index in [-0.39, 0.29) is 4.83 Å². The van der Waals surface area contributed by atoms with Gasteiger partial charge in [0, 0.05) is 19.6 Å². The predicted molar refractivity (Wildman–Crippen MR) is 68.8 cm³/mol. The zero-order valence-corrected chi connectivity index (χ0v) is 11.4. The molecular formula is C12H21BrN2O. The summed E-state index contributed by atoms with van der Waals surface area (Å²) in [7, 11) is 0. The molecule has 4 heteroatoms. The summed E-state index contributed by atoms with van der Waals surface area (Å²) in [4.78, 5) is 16.5. The number of carbonyl (C=O) groups excluding carboxylic acids is 1. The van der Waals surface area contributed by atoms with Crippen LogP contribution in [0.5, 0.6) is 0 Å². The molecule has 16 heavy (non-hydrogen) atoms. The molecule has 0 aromatic heterocycles. The van der Waals surface area contributed by atoms with Gasteiger partial charge in [-0.1, -0.05) is 22.4 Å². The highest BCUT2D eigenvalue weighted by atomic mass is 79.9. The Morgan fingerprint density at radius 2 is 1.81 bits per heavy atom. The predicted octanol–water partition coefficient (Wildman–Crippen LogP) is 1.86. The molecule has 3 nitrogen and oxygen atoms in total. The Kier molecular flexibility index (Phi) is 4.65. The molecule has 0 aromatic rings. The van der Waals surface area contributed by atoms with Crippen molar-refractivity contribution >= 4 is 21.8 Å². The molecule has 0 aromatic carbocycles. The fraction of sp³-hybridized carbons (Fsp3) is 0.917. The fourth-order valence-electron chi connectivity index (χ4n) is 2.56. The number of rotatable bonds is 3. The van der Waals surface area contributed by atoms with E-state index in [9.17, 15) is 4.79 Å². The highest BCUT2D eigenvalue weighted by Gasteiger charge is 2.26. The first-order valence-corrected chi connectivity index (χ1v) is 7.34. The maximum absolute atomic E-state index is 11.9. The molecule has 1 amide bonds. The van der Waals surface area contributed by atoms with Crippen molar-refractivity contribution in [1.29, 1.82) is 0 Å². The molecular weight excluding hydrogens is 268 g/mol. The lowest BCUT2D eigenvalue weighted by molar-refractivity contribution is -0.132. The minimum Gasteiger partial charge on any atom is -0.340 e. The molecule has 1 unspecified atom stereocenters.